The summed E-state index contributed by atoms with van der Waals surface area (Å²) >= 11 is 1.17. The van der Waals surface area contributed by atoms with Gasteiger partial charge in [-0.2, -0.15) is 10.5 Å². The number of rotatable bonds is 3. The molecule has 138 valence electrons. The molecule has 1 heterocycles. The number of nitrogens with zero attached hydrogens (tertiary/aromatic N) is 3. The Bertz CT molecular complexity index is 1280. The third kappa shape index (κ3) is 3.67. The van der Waals surface area contributed by atoms with Gasteiger partial charge in [-0.3, -0.25) is 9.36 Å². The van der Waals surface area contributed by atoms with E-state index >= 15 is 0 Å². The highest BCUT2D eigenvalue weighted by molar-refractivity contribution is 7.07. The maximum Gasteiger partial charge on any atom is 0.273 e. The van der Waals surface area contributed by atoms with E-state index < -0.39 is 0 Å². The fourth-order valence-corrected chi connectivity index (χ4v) is 4.06. The fourth-order valence-electron chi connectivity index (χ4n) is 3.01. The Balaban J connectivity index is 2.35. The molecule has 0 aliphatic rings. The van der Waals surface area contributed by atoms with Gasteiger partial charge in [0.15, 0.2) is 5.57 Å². The topological polar surface area (TPSA) is 69.6 Å². The Morgan fingerprint density at radius 1 is 1.11 bits per heavy atom. The minimum absolute atomic E-state index is 0.0676. The van der Waals surface area contributed by atoms with Crippen molar-refractivity contribution in [1.82, 2.24) is 4.57 Å². The summed E-state index contributed by atoms with van der Waals surface area (Å²) in [5.74, 6) is 0. The van der Waals surface area contributed by atoms with Crippen molar-refractivity contribution >= 4 is 23.0 Å². The monoisotopic (exact) mass is 385 g/mol. The molecule has 0 aliphatic carbocycles. The SMILES string of the molecule is CCc1ccc(-n2c(=C(C#N)C#N)s/c(=C/c3ccc(C)cc3C)c2=O)cc1. The van der Waals surface area contributed by atoms with Crippen LogP contribution in [0.5, 0.6) is 0 Å². The highest BCUT2D eigenvalue weighted by Gasteiger charge is 2.11. The summed E-state index contributed by atoms with van der Waals surface area (Å²) in [4.78, 5) is 13.2. The van der Waals surface area contributed by atoms with Gasteiger partial charge < -0.3 is 0 Å². The van der Waals surface area contributed by atoms with E-state index in [9.17, 15) is 15.3 Å². The second-order valence-electron chi connectivity index (χ2n) is 6.54. The van der Waals surface area contributed by atoms with Gasteiger partial charge in [-0.1, -0.05) is 42.8 Å². The van der Waals surface area contributed by atoms with Gasteiger partial charge in [0, 0.05) is 0 Å². The normalized spacial score (nSPS) is 11.1. The van der Waals surface area contributed by atoms with E-state index in [4.69, 9.17) is 0 Å². The number of hydrogen-bond donors (Lipinski definition) is 0. The van der Waals surface area contributed by atoms with Gasteiger partial charge in [-0.05, 0) is 55.2 Å². The molecule has 0 saturated heterocycles. The lowest BCUT2D eigenvalue weighted by atomic mass is 10.1. The third-order valence-corrected chi connectivity index (χ3v) is 5.67. The van der Waals surface area contributed by atoms with Crippen molar-refractivity contribution in [3.8, 4) is 17.8 Å². The van der Waals surface area contributed by atoms with E-state index in [0.29, 0.717) is 14.9 Å². The zero-order valence-electron chi connectivity index (χ0n) is 16.0. The number of aryl methyl sites for hydroxylation is 3. The molecule has 1 aromatic heterocycles. The summed E-state index contributed by atoms with van der Waals surface area (Å²) < 4.78 is 2.31. The molecule has 0 saturated carbocycles. The first-order valence-electron chi connectivity index (χ1n) is 8.93. The maximum absolute atomic E-state index is 13.2. The van der Waals surface area contributed by atoms with E-state index in [1.165, 1.54) is 15.9 Å². The summed E-state index contributed by atoms with van der Waals surface area (Å²) in [6.45, 7) is 6.08. The molecule has 3 aromatic rings. The summed E-state index contributed by atoms with van der Waals surface area (Å²) in [5, 5.41) is 18.7. The van der Waals surface area contributed by atoms with Gasteiger partial charge in [-0.25, -0.2) is 0 Å². The van der Waals surface area contributed by atoms with Crippen LogP contribution in [0.1, 0.15) is 29.2 Å². The van der Waals surface area contributed by atoms with Gasteiger partial charge in [-0.15, -0.1) is 11.3 Å². The molecule has 5 heteroatoms. The molecule has 0 amide bonds. The van der Waals surface area contributed by atoms with Crippen LogP contribution in [0.4, 0.5) is 0 Å². The summed E-state index contributed by atoms with van der Waals surface area (Å²) in [6.07, 6.45) is 2.72. The fraction of sp³-hybridized carbons (Fsp3) is 0.174. The minimum atomic E-state index is -0.229. The first-order valence-corrected chi connectivity index (χ1v) is 9.74. The molecule has 4 nitrogen and oxygen atoms in total. The molecule has 0 fully saturated rings. The molecule has 28 heavy (non-hydrogen) atoms. The van der Waals surface area contributed by atoms with Crippen molar-refractivity contribution in [2.45, 2.75) is 27.2 Å². The Labute approximate surface area is 167 Å². The Kier molecular flexibility index (Phi) is 5.59. The largest absolute Gasteiger partial charge is 0.273 e. The van der Waals surface area contributed by atoms with Crippen molar-refractivity contribution in [2.75, 3.05) is 0 Å². The molecule has 3 rings (SSSR count). The van der Waals surface area contributed by atoms with Crippen LogP contribution >= 0.6 is 11.3 Å². The lowest BCUT2D eigenvalue weighted by Crippen LogP contribution is -2.30. The smallest absolute Gasteiger partial charge is 0.267 e. The molecule has 0 radical (unpaired) electrons. The number of thiazole rings is 1. The van der Waals surface area contributed by atoms with Crippen LogP contribution in [0.25, 0.3) is 17.3 Å². The molecular formula is C23H19N3OS. The third-order valence-electron chi connectivity index (χ3n) is 4.58. The number of hydrogen-bond acceptors (Lipinski definition) is 4. The molecular weight excluding hydrogens is 366 g/mol. The number of aromatic nitrogens is 1. The van der Waals surface area contributed by atoms with Crippen molar-refractivity contribution in [3.05, 3.63) is 84.3 Å². The molecule has 0 atom stereocenters. The molecule has 0 spiro atoms. The lowest BCUT2D eigenvalue weighted by Gasteiger charge is -2.03. The van der Waals surface area contributed by atoms with E-state index in [0.717, 1.165) is 28.7 Å². The quantitative estimate of drug-likeness (QED) is 0.696. The van der Waals surface area contributed by atoms with Crippen LogP contribution in [0.3, 0.4) is 0 Å². The highest BCUT2D eigenvalue weighted by Crippen LogP contribution is 2.11. The highest BCUT2D eigenvalue weighted by atomic mass is 32.1. The van der Waals surface area contributed by atoms with Crippen molar-refractivity contribution < 1.29 is 0 Å². The minimum Gasteiger partial charge on any atom is -0.267 e. The predicted octanol–water partition coefficient (Wildman–Crippen LogP) is 3.10. The predicted molar refractivity (Wildman–Crippen MR) is 113 cm³/mol. The average molecular weight is 385 g/mol. The van der Waals surface area contributed by atoms with Gasteiger partial charge in [0.1, 0.15) is 16.8 Å². The van der Waals surface area contributed by atoms with Gasteiger partial charge in [0.05, 0.1) is 10.2 Å². The van der Waals surface area contributed by atoms with Crippen LogP contribution in [-0.2, 0) is 6.42 Å². The van der Waals surface area contributed by atoms with Crippen molar-refractivity contribution in [1.29, 1.82) is 10.5 Å². The molecule has 0 aliphatic heterocycles. The lowest BCUT2D eigenvalue weighted by molar-refractivity contribution is 0.983. The van der Waals surface area contributed by atoms with Crippen molar-refractivity contribution in [2.24, 2.45) is 0 Å². The second-order valence-corrected chi connectivity index (χ2v) is 7.57. The van der Waals surface area contributed by atoms with Crippen LogP contribution in [-0.4, -0.2) is 4.57 Å². The Morgan fingerprint density at radius 2 is 1.79 bits per heavy atom. The van der Waals surface area contributed by atoms with E-state index in [1.807, 2.05) is 68.5 Å². The van der Waals surface area contributed by atoms with Crippen LogP contribution in [0.2, 0.25) is 0 Å². The first-order chi connectivity index (χ1) is 13.5. The summed E-state index contributed by atoms with van der Waals surface area (Å²) in [7, 11) is 0. The Hall–Kier alpha value is -3.41. The molecule has 0 unspecified atom stereocenters. The molecule has 0 bridgehead atoms. The standard InChI is InChI=1S/C23H19N3OS/c1-4-17-6-9-20(10-7-17)26-22(27)21(28-23(26)19(13-24)14-25)12-18-8-5-15(2)11-16(18)3/h5-12H,4H2,1-3H3/b21-12+. The zero-order chi connectivity index (χ0) is 20.3. The first kappa shape index (κ1) is 19.4. The van der Waals surface area contributed by atoms with Crippen molar-refractivity contribution in [3.63, 3.8) is 0 Å². The van der Waals surface area contributed by atoms with Crippen LogP contribution < -0.4 is 14.8 Å². The van der Waals surface area contributed by atoms with Gasteiger partial charge in [0.2, 0.25) is 0 Å². The van der Waals surface area contributed by atoms with Crippen LogP contribution in [0, 0.1) is 36.5 Å². The van der Waals surface area contributed by atoms with E-state index in [2.05, 4.69) is 13.0 Å². The maximum atomic E-state index is 13.2. The average Bonchev–Trinajstić information content (AvgIpc) is 3.01. The molecule has 2 aromatic carbocycles. The van der Waals surface area contributed by atoms with E-state index in [1.54, 1.807) is 0 Å². The zero-order valence-corrected chi connectivity index (χ0v) is 16.8. The van der Waals surface area contributed by atoms with Crippen LogP contribution in [0.15, 0.2) is 47.3 Å². The summed E-state index contributed by atoms with van der Waals surface area (Å²) in [6, 6.07) is 17.5. The number of benzene rings is 2. The molecule has 0 N–H and O–H groups in total. The van der Waals surface area contributed by atoms with E-state index in [-0.39, 0.29) is 11.1 Å². The van der Waals surface area contributed by atoms with Gasteiger partial charge >= 0.3 is 0 Å². The number of nitriles is 2. The van der Waals surface area contributed by atoms with Gasteiger partial charge in [0.25, 0.3) is 5.56 Å². The Morgan fingerprint density at radius 3 is 2.36 bits per heavy atom. The summed E-state index contributed by atoms with van der Waals surface area (Å²) in [5.41, 5.74) is 4.67. The second kappa shape index (κ2) is 8.08.